The van der Waals surface area contributed by atoms with Crippen molar-refractivity contribution in [2.45, 2.75) is 48.5 Å². The van der Waals surface area contributed by atoms with E-state index in [-0.39, 0.29) is 13.8 Å². The summed E-state index contributed by atoms with van der Waals surface area (Å²) in [4.78, 5) is 0. The topological polar surface area (TPSA) is 17.1 Å². The highest BCUT2D eigenvalue weighted by Gasteiger charge is 2.67. The van der Waals surface area contributed by atoms with Gasteiger partial charge in [0.1, 0.15) is 10.5 Å². The summed E-state index contributed by atoms with van der Waals surface area (Å²) in [7, 11) is -3.78. The van der Waals surface area contributed by atoms with E-state index in [4.69, 9.17) is 0 Å². The molecular formula is C8H8F10OS. The Balaban J connectivity index is 5.40. The number of rotatable bonds is 4. The van der Waals surface area contributed by atoms with Crippen molar-refractivity contribution in [3.63, 3.8) is 0 Å². The lowest BCUT2D eigenvalue weighted by Gasteiger charge is -2.31. The fourth-order valence-corrected chi connectivity index (χ4v) is 2.52. The van der Waals surface area contributed by atoms with Gasteiger partial charge in [0.2, 0.25) is 0 Å². The number of halogens is 10. The molecule has 0 aromatic heterocycles. The van der Waals surface area contributed by atoms with Gasteiger partial charge in [0, 0.05) is 10.8 Å². The number of alkyl halides is 10. The van der Waals surface area contributed by atoms with Gasteiger partial charge in [0.25, 0.3) is 0 Å². The molecule has 0 aromatic rings. The summed E-state index contributed by atoms with van der Waals surface area (Å²) < 4.78 is 134. The first-order valence-electron chi connectivity index (χ1n) is 4.76. The molecule has 2 atom stereocenters. The Morgan fingerprint density at radius 2 is 0.850 bits per heavy atom. The van der Waals surface area contributed by atoms with Gasteiger partial charge >= 0.3 is 24.2 Å². The van der Waals surface area contributed by atoms with Crippen LogP contribution < -0.4 is 0 Å². The Labute approximate surface area is 108 Å². The normalized spacial score (nSPS) is 19.6. The summed E-state index contributed by atoms with van der Waals surface area (Å²) in [6.07, 6.45) is -12.4. The zero-order chi connectivity index (χ0) is 16.7. The van der Waals surface area contributed by atoms with Crippen LogP contribution in [0.5, 0.6) is 0 Å². The highest BCUT2D eigenvalue weighted by atomic mass is 32.2. The van der Waals surface area contributed by atoms with Crippen LogP contribution >= 0.6 is 0 Å². The summed E-state index contributed by atoms with van der Waals surface area (Å²) in [5.41, 5.74) is 0. The van der Waals surface area contributed by atoms with Gasteiger partial charge in [-0.05, 0) is 13.8 Å². The standard InChI is InChI=1S/C8H8F10OS/c1-3(5(9,10)7(13,14)15)20(19)4(2)6(11,12)8(16,17)18/h3-4H,1-2H3. The van der Waals surface area contributed by atoms with Crippen LogP contribution in [0.4, 0.5) is 43.9 Å². The van der Waals surface area contributed by atoms with Gasteiger partial charge in [-0.25, -0.2) is 0 Å². The van der Waals surface area contributed by atoms with Gasteiger partial charge in [-0.15, -0.1) is 0 Å². The molecule has 0 saturated heterocycles. The second-order valence-electron chi connectivity index (χ2n) is 3.85. The van der Waals surface area contributed by atoms with Crippen LogP contribution in [0.3, 0.4) is 0 Å². The summed E-state index contributed by atoms with van der Waals surface area (Å²) in [5, 5.41) is -6.52. The maximum absolute atomic E-state index is 12.8. The molecule has 0 amide bonds. The van der Waals surface area contributed by atoms with E-state index in [1.54, 1.807) is 0 Å². The van der Waals surface area contributed by atoms with E-state index in [2.05, 4.69) is 0 Å². The summed E-state index contributed by atoms with van der Waals surface area (Å²) in [5.74, 6) is -11.3. The summed E-state index contributed by atoms with van der Waals surface area (Å²) in [6.45, 7) is -0.0148. The Hall–Kier alpha value is -0.550. The van der Waals surface area contributed by atoms with Crippen LogP contribution in [0.2, 0.25) is 0 Å². The number of hydrogen-bond acceptors (Lipinski definition) is 1. The Morgan fingerprint density at radius 1 is 0.650 bits per heavy atom. The van der Waals surface area contributed by atoms with Crippen LogP contribution in [-0.2, 0) is 10.8 Å². The molecule has 0 aliphatic carbocycles. The predicted octanol–water partition coefficient (Wildman–Crippen LogP) is 3.91. The molecule has 0 bridgehead atoms. The third-order valence-corrected chi connectivity index (χ3v) is 4.46. The van der Waals surface area contributed by atoms with Crippen molar-refractivity contribution in [2.75, 3.05) is 0 Å². The zero-order valence-corrected chi connectivity index (χ0v) is 10.6. The molecule has 0 saturated carbocycles. The van der Waals surface area contributed by atoms with Gasteiger partial charge in [0.05, 0.1) is 0 Å². The van der Waals surface area contributed by atoms with Crippen molar-refractivity contribution in [3.8, 4) is 0 Å². The molecule has 20 heavy (non-hydrogen) atoms. The SMILES string of the molecule is CC(S(=O)C(C)C(F)(F)C(F)(F)F)C(F)(F)C(F)(F)F. The molecule has 0 aliphatic heterocycles. The Kier molecular flexibility index (Phi) is 5.19. The molecule has 0 rings (SSSR count). The zero-order valence-electron chi connectivity index (χ0n) is 9.75. The van der Waals surface area contributed by atoms with Crippen molar-refractivity contribution in [1.29, 1.82) is 0 Å². The van der Waals surface area contributed by atoms with Crippen LogP contribution in [0.1, 0.15) is 13.8 Å². The molecule has 0 spiro atoms. The first kappa shape index (κ1) is 19.4. The van der Waals surface area contributed by atoms with Gasteiger partial charge in [0.15, 0.2) is 0 Å². The quantitative estimate of drug-likeness (QED) is 0.708. The maximum atomic E-state index is 12.8. The first-order valence-corrected chi connectivity index (χ1v) is 6.04. The van der Waals surface area contributed by atoms with E-state index >= 15 is 0 Å². The monoisotopic (exact) mass is 342 g/mol. The minimum Gasteiger partial charge on any atom is -0.259 e. The van der Waals surface area contributed by atoms with Gasteiger partial charge in [-0.1, -0.05) is 0 Å². The molecule has 122 valence electrons. The minimum absolute atomic E-state index is 0.00739. The lowest BCUT2D eigenvalue weighted by Crippen LogP contribution is -2.54. The van der Waals surface area contributed by atoms with E-state index in [9.17, 15) is 48.1 Å². The van der Waals surface area contributed by atoms with Crippen molar-refractivity contribution in [3.05, 3.63) is 0 Å². The Morgan fingerprint density at radius 3 is 1.00 bits per heavy atom. The summed E-state index contributed by atoms with van der Waals surface area (Å²) in [6, 6.07) is 0. The number of hydrogen-bond donors (Lipinski definition) is 0. The van der Waals surface area contributed by atoms with Crippen molar-refractivity contribution in [1.82, 2.24) is 0 Å². The molecule has 1 nitrogen and oxygen atoms in total. The Bertz CT molecular complexity index is 336. The van der Waals surface area contributed by atoms with Crippen molar-refractivity contribution in [2.24, 2.45) is 0 Å². The third-order valence-electron chi connectivity index (χ3n) is 2.47. The first-order chi connectivity index (χ1) is 8.48. The van der Waals surface area contributed by atoms with Crippen LogP contribution in [-0.4, -0.2) is 38.9 Å². The van der Waals surface area contributed by atoms with Crippen LogP contribution in [0.25, 0.3) is 0 Å². The highest BCUT2D eigenvalue weighted by molar-refractivity contribution is 7.86. The van der Waals surface area contributed by atoms with Gasteiger partial charge in [-0.3, -0.25) is 4.21 Å². The molecule has 0 aromatic carbocycles. The summed E-state index contributed by atoms with van der Waals surface area (Å²) >= 11 is 0. The fourth-order valence-electron chi connectivity index (χ4n) is 1.06. The molecule has 2 unspecified atom stereocenters. The molecular weight excluding hydrogens is 334 g/mol. The molecule has 12 heteroatoms. The molecule has 0 aliphatic rings. The van der Waals surface area contributed by atoms with Gasteiger partial charge < -0.3 is 0 Å². The van der Waals surface area contributed by atoms with Gasteiger partial charge in [-0.2, -0.15) is 43.9 Å². The predicted molar refractivity (Wildman–Crippen MR) is 49.1 cm³/mol. The van der Waals surface area contributed by atoms with Crippen molar-refractivity contribution < 1.29 is 48.1 Å². The van der Waals surface area contributed by atoms with Crippen molar-refractivity contribution >= 4 is 10.8 Å². The molecule has 0 heterocycles. The van der Waals surface area contributed by atoms with E-state index < -0.39 is 45.5 Å². The lowest BCUT2D eigenvalue weighted by molar-refractivity contribution is -0.284. The van der Waals surface area contributed by atoms with E-state index in [0.717, 1.165) is 0 Å². The van der Waals surface area contributed by atoms with Crippen LogP contribution in [0.15, 0.2) is 0 Å². The minimum atomic E-state index is -6.21. The largest absolute Gasteiger partial charge is 0.454 e. The lowest BCUT2D eigenvalue weighted by atomic mass is 10.2. The average Bonchev–Trinajstić information content (AvgIpc) is 2.22. The highest BCUT2D eigenvalue weighted by Crippen LogP contribution is 2.44. The van der Waals surface area contributed by atoms with E-state index in [1.165, 1.54) is 0 Å². The fraction of sp³-hybridized carbons (Fsp3) is 1.00. The molecule has 0 radical (unpaired) electrons. The van der Waals surface area contributed by atoms with Crippen LogP contribution in [0, 0.1) is 0 Å². The van der Waals surface area contributed by atoms with E-state index in [0.29, 0.717) is 0 Å². The second kappa shape index (κ2) is 5.34. The average molecular weight is 342 g/mol. The second-order valence-corrected chi connectivity index (χ2v) is 5.93. The maximum Gasteiger partial charge on any atom is 0.454 e. The molecule has 0 N–H and O–H groups in total. The smallest absolute Gasteiger partial charge is 0.259 e. The van der Waals surface area contributed by atoms with E-state index in [1.807, 2.05) is 0 Å². The third kappa shape index (κ3) is 3.37. The molecule has 0 fully saturated rings.